The van der Waals surface area contributed by atoms with Crippen LogP contribution in [0.3, 0.4) is 0 Å². The summed E-state index contributed by atoms with van der Waals surface area (Å²) in [5, 5.41) is 12.2. The average molecular weight is 572 g/mol. The topological polar surface area (TPSA) is 124 Å². The van der Waals surface area contributed by atoms with Crippen LogP contribution in [-0.2, 0) is 20.0 Å². The Morgan fingerprint density at radius 1 is 0.821 bits per heavy atom. The van der Waals surface area contributed by atoms with E-state index in [-0.39, 0.29) is 28.5 Å². The average Bonchev–Trinajstić information content (AvgIpc) is 3.23. The van der Waals surface area contributed by atoms with E-state index in [1.54, 1.807) is 24.3 Å². The van der Waals surface area contributed by atoms with Crippen LogP contribution < -0.4 is 9.62 Å². The van der Waals surface area contributed by atoms with Crippen LogP contribution in [0.15, 0.2) is 82.6 Å². The number of aliphatic hydroxyl groups excluding tert-OH is 1. The van der Waals surface area contributed by atoms with Gasteiger partial charge in [-0.15, -0.1) is 0 Å². The molecule has 3 aromatic rings. The molecule has 1 aliphatic rings. The molecule has 3 aromatic carbocycles. The molecule has 0 bridgehead atoms. The first-order chi connectivity index (χ1) is 18.6. The number of aliphatic hydroxyl groups is 1. The number of aryl methyl sites for hydroxylation is 1. The minimum absolute atomic E-state index is 0.0117. The van der Waals surface area contributed by atoms with Gasteiger partial charge >= 0.3 is 0 Å². The van der Waals surface area contributed by atoms with Gasteiger partial charge < -0.3 is 10.4 Å². The number of hydrogen-bond donors (Lipinski definition) is 2. The fourth-order valence-electron chi connectivity index (χ4n) is 4.44. The van der Waals surface area contributed by atoms with Crippen LogP contribution in [0.2, 0.25) is 0 Å². The van der Waals surface area contributed by atoms with Gasteiger partial charge in [-0.3, -0.25) is 9.10 Å². The molecule has 1 aliphatic heterocycles. The molecule has 1 saturated heterocycles. The molecule has 0 aliphatic carbocycles. The quantitative estimate of drug-likeness (QED) is 0.400. The van der Waals surface area contributed by atoms with Crippen molar-refractivity contribution in [1.82, 2.24) is 4.31 Å². The summed E-state index contributed by atoms with van der Waals surface area (Å²) in [7, 11) is -7.57. The van der Waals surface area contributed by atoms with Gasteiger partial charge in [0.15, 0.2) is 0 Å². The van der Waals surface area contributed by atoms with Crippen molar-refractivity contribution < 1.29 is 26.7 Å². The van der Waals surface area contributed by atoms with Crippen molar-refractivity contribution >= 4 is 37.3 Å². The van der Waals surface area contributed by atoms with E-state index in [1.165, 1.54) is 52.8 Å². The first-order valence-corrected chi connectivity index (χ1v) is 15.7. The summed E-state index contributed by atoms with van der Waals surface area (Å²) in [5.41, 5.74) is 2.07. The van der Waals surface area contributed by atoms with Crippen molar-refractivity contribution in [2.45, 2.75) is 42.4 Å². The van der Waals surface area contributed by atoms with Crippen LogP contribution in [0.25, 0.3) is 0 Å². The zero-order valence-electron chi connectivity index (χ0n) is 21.8. The number of anilines is 2. The summed E-state index contributed by atoms with van der Waals surface area (Å²) < 4.78 is 55.2. The monoisotopic (exact) mass is 571 g/mol. The lowest BCUT2D eigenvalue weighted by atomic mass is 10.2. The van der Waals surface area contributed by atoms with Crippen LogP contribution in [0.1, 0.15) is 41.6 Å². The van der Waals surface area contributed by atoms with Gasteiger partial charge in [-0.25, -0.2) is 16.8 Å². The Labute approximate surface area is 230 Å². The fourth-order valence-corrected chi connectivity index (χ4v) is 7.41. The van der Waals surface area contributed by atoms with E-state index in [2.05, 4.69) is 5.32 Å². The molecule has 9 nitrogen and oxygen atoms in total. The molecular weight excluding hydrogens is 538 g/mol. The highest BCUT2D eigenvalue weighted by Crippen LogP contribution is 2.25. The Morgan fingerprint density at radius 3 is 1.95 bits per heavy atom. The summed E-state index contributed by atoms with van der Waals surface area (Å²) in [6, 6.07) is 18.5. The number of carbonyl (C=O) groups excluding carboxylic acids is 1. The Hall–Kier alpha value is -3.25. The molecule has 2 N–H and O–H groups in total. The lowest BCUT2D eigenvalue weighted by Gasteiger charge is -2.24. The van der Waals surface area contributed by atoms with Crippen molar-refractivity contribution in [2.75, 3.05) is 35.9 Å². The van der Waals surface area contributed by atoms with Gasteiger partial charge in [0.2, 0.25) is 10.0 Å². The van der Waals surface area contributed by atoms with E-state index >= 15 is 0 Å². The Morgan fingerprint density at radius 2 is 1.38 bits per heavy atom. The maximum absolute atomic E-state index is 13.3. The Kier molecular flexibility index (Phi) is 9.06. The van der Waals surface area contributed by atoms with Gasteiger partial charge in [0.1, 0.15) is 0 Å². The van der Waals surface area contributed by atoms with Gasteiger partial charge in [0, 0.05) is 24.3 Å². The molecular formula is C28H33N3O6S2. The van der Waals surface area contributed by atoms with Crippen LogP contribution in [0.5, 0.6) is 0 Å². The molecule has 4 rings (SSSR count). The standard InChI is InChI=1S/C28H33N3O6S2/c1-22-6-12-25(13-7-22)31(20-21-32)39(36,37)27-16-10-24(11-17-27)29-28(33)23-8-14-26(15-9-23)38(34,35)30-18-4-2-3-5-19-30/h6-17,32H,2-5,18-21H2,1H3,(H,29,33). The van der Waals surface area contributed by atoms with E-state index < -0.39 is 26.0 Å². The molecule has 1 amide bonds. The highest BCUT2D eigenvalue weighted by molar-refractivity contribution is 7.92. The van der Waals surface area contributed by atoms with Crippen molar-refractivity contribution in [2.24, 2.45) is 0 Å². The molecule has 11 heteroatoms. The van der Waals surface area contributed by atoms with Crippen molar-refractivity contribution in [3.05, 3.63) is 83.9 Å². The largest absolute Gasteiger partial charge is 0.394 e. The molecule has 0 radical (unpaired) electrons. The fraction of sp³-hybridized carbons (Fsp3) is 0.321. The lowest BCUT2D eigenvalue weighted by molar-refractivity contribution is 0.102. The third-order valence-corrected chi connectivity index (χ3v) is 10.4. The maximum atomic E-state index is 13.3. The number of sulfonamides is 2. The van der Waals surface area contributed by atoms with E-state index in [9.17, 15) is 26.7 Å². The molecule has 0 spiro atoms. The van der Waals surface area contributed by atoms with E-state index in [1.807, 2.05) is 6.92 Å². The third kappa shape index (κ3) is 6.67. The summed E-state index contributed by atoms with van der Waals surface area (Å²) >= 11 is 0. The number of amides is 1. The minimum Gasteiger partial charge on any atom is -0.394 e. The van der Waals surface area contributed by atoms with Crippen molar-refractivity contribution in [3.8, 4) is 0 Å². The smallest absolute Gasteiger partial charge is 0.264 e. The van der Waals surface area contributed by atoms with Gasteiger partial charge in [0.05, 0.1) is 28.6 Å². The van der Waals surface area contributed by atoms with Crippen LogP contribution in [-0.4, -0.2) is 58.4 Å². The number of hydrogen-bond acceptors (Lipinski definition) is 6. The van der Waals surface area contributed by atoms with Gasteiger partial charge in [-0.1, -0.05) is 30.5 Å². The number of benzene rings is 3. The van der Waals surface area contributed by atoms with Gasteiger partial charge in [0.25, 0.3) is 15.9 Å². The van der Waals surface area contributed by atoms with Gasteiger partial charge in [-0.05, 0) is 80.4 Å². The number of carbonyl (C=O) groups is 1. The van der Waals surface area contributed by atoms with E-state index in [0.717, 1.165) is 35.6 Å². The highest BCUT2D eigenvalue weighted by atomic mass is 32.2. The van der Waals surface area contributed by atoms with Crippen molar-refractivity contribution in [1.29, 1.82) is 0 Å². The van der Waals surface area contributed by atoms with E-state index in [4.69, 9.17) is 0 Å². The summed E-state index contributed by atoms with van der Waals surface area (Å²) in [6.45, 7) is 2.44. The molecule has 1 heterocycles. The SMILES string of the molecule is Cc1ccc(N(CCO)S(=O)(=O)c2ccc(NC(=O)c3ccc(S(=O)(=O)N4CCCCCC4)cc3)cc2)cc1. The van der Waals surface area contributed by atoms with Crippen molar-refractivity contribution in [3.63, 3.8) is 0 Å². The molecule has 1 fully saturated rings. The van der Waals surface area contributed by atoms with Crippen LogP contribution in [0, 0.1) is 6.92 Å². The first-order valence-electron chi connectivity index (χ1n) is 12.8. The summed E-state index contributed by atoms with van der Waals surface area (Å²) in [6.07, 6.45) is 3.72. The predicted octanol–water partition coefficient (Wildman–Crippen LogP) is 4.00. The zero-order chi connectivity index (χ0) is 28.0. The highest BCUT2D eigenvalue weighted by Gasteiger charge is 2.26. The second kappa shape index (κ2) is 12.3. The second-order valence-electron chi connectivity index (χ2n) is 9.46. The zero-order valence-corrected chi connectivity index (χ0v) is 23.4. The predicted molar refractivity (Wildman–Crippen MR) is 151 cm³/mol. The minimum atomic E-state index is -3.96. The number of nitrogens with one attached hydrogen (secondary N) is 1. The van der Waals surface area contributed by atoms with Gasteiger partial charge in [-0.2, -0.15) is 4.31 Å². The van der Waals surface area contributed by atoms with Crippen LogP contribution in [0.4, 0.5) is 11.4 Å². The normalized spacial score (nSPS) is 14.9. The molecule has 0 unspecified atom stereocenters. The molecule has 208 valence electrons. The Bertz CT molecular complexity index is 1480. The maximum Gasteiger partial charge on any atom is 0.264 e. The van der Waals surface area contributed by atoms with E-state index in [0.29, 0.717) is 24.5 Å². The first kappa shape index (κ1) is 28.8. The molecule has 0 aromatic heterocycles. The second-order valence-corrected chi connectivity index (χ2v) is 13.3. The number of nitrogens with zero attached hydrogens (tertiary/aromatic N) is 2. The molecule has 0 saturated carbocycles. The summed E-state index contributed by atoms with van der Waals surface area (Å²) in [4.78, 5) is 12.9. The number of rotatable bonds is 9. The third-order valence-electron chi connectivity index (χ3n) is 6.64. The summed E-state index contributed by atoms with van der Waals surface area (Å²) in [5.74, 6) is -0.453. The Balaban J connectivity index is 1.46. The molecule has 0 atom stereocenters. The van der Waals surface area contributed by atoms with Crippen LogP contribution >= 0.6 is 0 Å². The lowest BCUT2D eigenvalue weighted by Crippen LogP contribution is -2.33. The molecule has 39 heavy (non-hydrogen) atoms.